The summed E-state index contributed by atoms with van der Waals surface area (Å²) < 4.78 is 0. The molecule has 0 fully saturated rings. The largest absolute Gasteiger partial charge is 0.0757 e. The summed E-state index contributed by atoms with van der Waals surface area (Å²) in [6.45, 7) is 14.2. The lowest BCUT2D eigenvalue weighted by molar-refractivity contribution is 0.717. The normalized spacial score (nSPS) is 21.9. The Balaban J connectivity index is 1.49. The topological polar surface area (TPSA) is 0 Å². The third kappa shape index (κ3) is 3.55. The van der Waals surface area contributed by atoms with E-state index in [1.54, 1.807) is 0 Å². The van der Waals surface area contributed by atoms with Gasteiger partial charge >= 0.3 is 0 Å². The van der Waals surface area contributed by atoms with Crippen LogP contribution in [0.15, 0.2) is 96.1 Å². The maximum atomic E-state index is 2.48. The lowest BCUT2D eigenvalue weighted by Gasteiger charge is -2.38. The summed E-state index contributed by atoms with van der Waals surface area (Å²) in [5.41, 5.74) is 16.8. The Hall–Kier alpha value is -3.42. The van der Waals surface area contributed by atoms with E-state index in [0.29, 0.717) is 9.52 Å². The number of benzene rings is 4. The second kappa shape index (κ2) is 8.57. The Morgan fingerprint density at radius 3 is 1.24 bits per heavy atom. The molecule has 0 aromatic heterocycles. The van der Waals surface area contributed by atoms with E-state index in [4.69, 9.17) is 0 Å². The van der Waals surface area contributed by atoms with Crippen molar-refractivity contribution in [3.8, 4) is 22.3 Å². The van der Waals surface area contributed by atoms with Crippen LogP contribution in [0.1, 0.15) is 61.1 Å². The van der Waals surface area contributed by atoms with E-state index in [1.807, 2.05) is 0 Å². The standard InChI is InChI=1S/C36H34Si/c1-23-17-19-31-29(33(23)27-13-9-7-10-14-27)21-25(3)35(31,5)37-36(6)26(4)22-30-32(36)20-18-24(2)34(30)28-15-11-8-12-16-28/h7-22H,1-6H3. The highest BCUT2D eigenvalue weighted by Gasteiger charge is 2.47. The van der Waals surface area contributed by atoms with E-state index in [0.717, 1.165) is 0 Å². The number of rotatable bonds is 4. The molecule has 4 aromatic rings. The van der Waals surface area contributed by atoms with Crippen LogP contribution in [-0.2, 0) is 10.1 Å². The molecular formula is C36H34Si. The molecule has 0 nitrogen and oxygen atoms in total. The van der Waals surface area contributed by atoms with Gasteiger partial charge in [0.2, 0.25) is 0 Å². The van der Waals surface area contributed by atoms with Gasteiger partial charge in [-0.05, 0) is 83.3 Å². The molecule has 2 atom stereocenters. The van der Waals surface area contributed by atoms with E-state index in [9.17, 15) is 0 Å². The van der Waals surface area contributed by atoms with E-state index in [1.165, 1.54) is 66.8 Å². The number of fused-ring (bicyclic) bond motifs is 2. The molecule has 0 heterocycles. The highest BCUT2D eigenvalue weighted by molar-refractivity contribution is 6.48. The maximum Gasteiger partial charge on any atom is 0.0757 e. The number of allylic oxidation sites excluding steroid dienone is 2. The first-order chi connectivity index (χ1) is 17.7. The van der Waals surface area contributed by atoms with Gasteiger partial charge in [0.1, 0.15) is 0 Å². The Kier molecular flexibility index (Phi) is 5.54. The second-order valence-corrected chi connectivity index (χ2v) is 13.4. The zero-order valence-corrected chi connectivity index (χ0v) is 23.7. The molecule has 6 rings (SSSR count). The SMILES string of the molecule is CC1=Cc2c(ccc(C)c2-c2ccccc2)C1(C)[Si]C1(C)C(C)=Cc2c1ccc(C)c2-c1ccccc1. The summed E-state index contributed by atoms with van der Waals surface area (Å²) in [5, 5.41) is -0.00829. The Morgan fingerprint density at radius 2 is 0.865 bits per heavy atom. The molecule has 37 heavy (non-hydrogen) atoms. The quantitative estimate of drug-likeness (QED) is 0.248. The van der Waals surface area contributed by atoms with Crippen LogP contribution in [-0.4, -0.2) is 9.52 Å². The zero-order chi connectivity index (χ0) is 25.9. The summed E-state index contributed by atoms with van der Waals surface area (Å²) in [5.74, 6) is 0. The predicted octanol–water partition coefficient (Wildman–Crippen LogP) is 9.31. The van der Waals surface area contributed by atoms with Crippen molar-refractivity contribution >= 4 is 21.7 Å². The van der Waals surface area contributed by atoms with Crippen molar-refractivity contribution in [3.63, 3.8) is 0 Å². The third-order valence-corrected chi connectivity index (χ3v) is 11.2. The average Bonchev–Trinajstić information content (AvgIpc) is 3.28. The first-order valence-corrected chi connectivity index (χ1v) is 14.3. The van der Waals surface area contributed by atoms with E-state index >= 15 is 0 Å². The molecule has 0 spiro atoms. The van der Waals surface area contributed by atoms with Crippen LogP contribution in [0, 0.1) is 13.8 Å². The second-order valence-electron chi connectivity index (χ2n) is 11.2. The number of aryl methyl sites for hydroxylation is 2. The van der Waals surface area contributed by atoms with Crippen molar-refractivity contribution in [2.24, 2.45) is 0 Å². The van der Waals surface area contributed by atoms with Crippen LogP contribution < -0.4 is 0 Å². The van der Waals surface area contributed by atoms with Crippen molar-refractivity contribution in [2.75, 3.05) is 0 Å². The molecule has 0 aliphatic heterocycles. The van der Waals surface area contributed by atoms with Gasteiger partial charge in [-0.15, -0.1) is 0 Å². The highest BCUT2D eigenvalue weighted by atomic mass is 28.2. The average molecular weight is 495 g/mol. The van der Waals surface area contributed by atoms with Gasteiger partial charge < -0.3 is 0 Å². The molecule has 0 N–H and O–H groups in total. The van der Waals surface area contributed by atoms with Crippen molar-refractivity contribution in [3.05, 3.63) is 129 Å². The van der Waals surface area contributed by atoms with Crippen molar-refractivity contribution in [1.82, 2.24) is 0 Å². The minimum Gasteiger partial charge on any atom is -0.0656 e. The molecule has 0 bridgehead atoms. The van der Waals surface area contributed by atoms with Gasteiger partial charge in [0.25, 0.3) is 0 Å². The van der Waals surface area contributed by atoms with E-state index in [-0.39, 0.29) is 10.1 Å². The fourth-order valence-corrected chi connectivity index (χ4v) is 8.83. The minimum atomic E-state index is -0.00415. The van der Waals surface area contributed by atoms with Crippen LogP contribution in [0.4, 0.5) is 0 Å². The van der Waals surface area contributed by atoms with Crippen LogP contribution >= 0.6 is 0 Å². The maximum absolute atomic E-state index is 2.48. The molecule has 0 amide bonds. The smallest absolute Gasteiger partial charge is 0.0656 e. The van der Waals surface area contributed by atoms with E-state index < -0.39 is 0 Å². The summed E-state index contributed by atoms with van der Waals surface area (Å²) in [6, 6.07) is 31.3. The molecule has 1 heteroatoms. The van der Waals surface area contributed by atoms with Crippen LogP contribution in [0.3, 0.4) is 0 Å². The van der Waals surface area contributed by atoms with Gasteiger partial charge in [0.15, 0.2) is 0 Å². The van der Waals surface area contributed by atoms with Crippen LogP contribution in [0.2, 0.25) is 0 Å². The molecule has 182 valence electrons. The zero-order valence-electron chi connectivity index (χ0n) is 22.7. The summed E-state index contributed by atoms with van der Waals surface area (Å²) >= 11 is 0. The van der Waals surface area contributed by atoms with E-state index in [2.05, 4.69) is 139 Å². The lowest BCUT2D eigenvalue weighted by Crippen LogP contribution is -2.43. The molecule has 2 radical (unpaired) electrons. The van der Waals surface area contributed by atoms with Crippen molar-refractivity contribution in [2.45, 2.75) is 51.6 Å². The fraction of sp³-hybridized carbons (Fsp3) is 0.222. The predicted molar refractivity (Wildman–Crippen MR) is 161 cm³/mol. The minimum absolute atomic E-state index is 0.00415. The molecule has 4 aromatic carbocycles. The molecule has 0 saturated carbocycles. The van der Waals surface area contributed by atoms with Gasteiger partial charge in [-0.1, -0.05) is 122 Å². The lowest BCUT2D eigenvalue weighted by atomic mass is 9.89. The van der Waals surface area contributed by atoms with Gasteiger partial charge in [-0.2, -0.15) is 0 Å². The molecule has 2 aliphatic carbocycles. The molecule has 2 aliphatic rings. The van der Waals surface area contributed by atoms with Crippen molar-refractivity contribution in [1.29, 1.82) is 0 Å². The highest BCUT2D eigenvalue weighted by Crippen LogP contribution is 2.52. The molecule has 2 unspecified atom stereocenters. The summed E-state index contributed by atoms with van der Waals surface area (Å²) in [6.07, 6.45) is 4.95. The van der Waals surface area contributed by atoms with Gasteiger partial charge in [-0.3, -0.25) is 0 Å². The van der Waals surface area contributed by atoms with Gasteiger partial charge in [0.05, 0.1) is 9.52 Å². The summed E-state index contributed by atoms with van der Waals surface area (Å²) in [7, 11) is 0.705. The third-order valence-electron chi connectivity index (χ3n) is 8.91. The molecular weight excluding hydrogens is 460 g/mol. The Labute approximate surface area is 224 Å². The van der Waals surface area contributed by atoms with Gasteiger partial charge in [-0.25, -0.2) is 0 Å². The fourth-order valence-electron chi connectivity index (χ4n) is 6.58. The summed E-state index contributed by atoms with van der Waals surface area (Å²) in [4.78, 5) is 0. The Morgan fingerprint density at radius 1 is 0.486 bits per heavy atom. The first kappa shape index (κ1) is 23.9. The number of hydrogen-bond donors (Lipinski definition) is 0. The Bertz CT molecular complexity index is 1470. The van der Waals surface area contributed by atoms with Crippen LogP contribution in [0.25, 0.3) is 34.4 Å². The van der Waals surface area contributed by atoms with Crippen molar-refractivity contribution < 1.29 is 0 Å². The molecule has 0 saturated heterocycles. The first-order valence-electron chi connectivity index (χ1n) is 13.3. The van der Waals surface area contributed by atoms with Crippen LogP contribution in [0.5, 0.6) is 0 Å². The number of hydrogen-bond acceptors (Lipinski definition) is 0. The van der Waals surface area contributed by atoms with Gasteiger partial charge in [0, 0.05) is 10.1 Å². The monoisotopic (exact) mass is 494 g/mol.